The maximum atomic E-state index is 13.7. The number of aryl methyl sites for hydroxylation is 1. The van der Waals surface area contributed by atoms with Crippen molar-refractivity contribution in [1.82, 2.24) is 9.88 Å². The van der Waals surface area contributed by atoms with E-state index in [0.29, 0.717) is 11.6 Å². The van der Waals surface area contributed by atoms with Crippen LogP contribution in [0.4, 0.5) is 5.00 Å². The van der Waals surface area contributed by atoms with Gasteiger partial charge in [-0.15, -0.1) is 11.3 Å². The number of thiophene rings is 1. The van der Waals surface area contributed by atoms with E-state index in [4.69, 9.17) is 16.6 Å². The number of nitrogens with zero attached hydrogens (tertiary/aromatic N) is 2. The lowest BCUT2D eigenvalue weighted by Crippen LogP contribution is -2.24. The number of rotatable bonds is 8. The Hall–Kier alpha value is -4.71. The summed E-state index contributed by atoms with van der Waals surface area (Å²) in [6.45, 7) is 0.482. The third-order valence-corrected chi connectivity index (χ3v) is 9.68. The molecule has 1 amide bonds. The normalized spacial score (nSPS) is 12.7. The third-order valence-electron chi connectivity index (χ3n) is 8.23. The maximum absolute atomic E-state index is 13.7. The number of carbonyl (C=O) groups excluding carboxylic acids is 1. The molecule has 0 aliphatic heterocycles. The van der Waals surface area contributed by atoms with E-state index < -0.39 is 0 Å². The van der Waals surface area contributed by atoms with Crippen molar-refractivity contribution >= 4 is 40.1 Å². The number of carbonyl (C=O) groups is 1. The molecule has 4 aromatic carbocycles. The van der Waals surface area contributed by atoms with Crippen LogP contribution in [0.2, 0.25) is 5.02 Å². The number of nitrogens with one attached hydrogen (secondary N) is 1. The van der Waals surface area contributed by atoms with Crippen LogP contribution in [0, 0.1) is 0 Å². The predicted molar refractivity (Wildman–Crippen MR) is 187 cm³/mol. The molecule has 0 saturated carbocycles. The molecular weight excluding hydrogens is 594 g/mol. The van der Waals surface area contributed by atoms with Crippen molar-refractivity contribution in [1.29, 1.82) is 0 Å². The standard InChI is InChI=1S/C39H32ClN3OS/c40-31-20-22-32(23-21-31)43-34(28-14-6-2-7-15-28)24-30(37(43)29-16-8-3-9-17-29)26-42-39-36(33-18-10-11-19-35(33)45-39)38(44)41-25-27-12-4-1-5-13-27/h1-9,12-17,20-24,26H,10-11,18-19,25H2,(H,41,44)/b42-26+. The van der Waals surface area contributed by atoms with Crippen LogP contribution in [0.1, 0.15) is 44.8 Å². The number of halogens is 1. The summed E-state index contributed by atoms with van der Waals surface area (Å²) in [6, 6.07) is 40.9. The first-order valence-electron chi connectivity index (χ1n) is 15.3. The zero-order chi connectivity index (χ0) is 30.6. The molecule has 0 spiro atoms. The molecule has 0 unspecified atom stereocenters. The van der Waals surface area contributed by atoms with E-state index in [1.165, 1.54) is 4.88 Å². The molecule has 1 aliphatic carbocycles. The minimum absolute atomic E-state index is 0.0580. The van der Waals surface area contributed by atoms with E-state index in [0.717, 1.165) is 81.1 Å². The van der Waals surface area contributed by atoms with E-state index in [9.17, 15) is 4.79 Å². The predicted octanol–water partition coefficient (Wildman–Crippen LogP) is 10.1. The van der Waals surface area contributed by atoms with Crippen LogP contribution in [-0.4, -0.2) is 16.7 Å². The van der Waals surface area contributed by atoms with E-state index >= 15 is 0 Å². The smallest absolute Gasteiger partial charge is 0.254 e. The highest BCUT2D eigenvalue weighted by Gasteiger charge is 2.26. The second-order valence-electron chi connectivity index (χ2n) is 11.2. The van der Waals surface area contributed by atoms with Crippen LogP contribution < -0.4 is 5.32 Å². The summed E-state index contributed by atoms with van der Waals surface area (Å²) in [5.74, 6) is -0.0580. The number of benzene rings is 4. The van der Waals surface area contributed by atoms with Gasteiger partial charge in [-0.3, -0.25) is 4.79 Å². The molecule has 0 saturated heterocycles. The summed E-state index contributed by atoms with van der Waals surface area (Å²) < 4.78 is 2.27. The summed E-state index contributed by atoms with van der Waals surface area (Å²) in [5.41, 5.74) is 9.17. The first kappa shape index (κ1) is 29.0. The fourth-order valence-corrected chi connectivity index (χ4v) is 7.43. The molecule has 6 heteroatoms. The zero-order valence-electron chi connectivity index (χ0n) is 24.7. The highest BCUT2D eigenvalue weighted by molar-refractivity contribution is 7.16. The van der Waals surface area contributed by atoms with Gasteiger partial charge in [0.15, 0.2) is 0 Å². The van der Waals surface area contributed by atoms with Crippen molar-refractivity contribution in [2.24, 2.45) is 4.99 Å². The Bertz CT molecular complexity index is 1960. The molecule has 0 atom stereocenters. The second kappa shape index (κ2) is 13.1. The van der Waals surface area contributed by atoms with Crippen LogP contribution in [0.15, 0.2) is 126 Å². The van der Waals surface area contributed by atoms with Crippen LogP contribution in [0.3, 0.4) is 0 Å². The van der Waals surface area contributed by atoms with Gasteiger partial charge >= 0.3 is 0 Å². The third kappa shape index (κ3) is 6.15. The lowest BCUT2D eigenvalue weighted by Gasteiger charge is -2.15. The van der Waals surface area contributed by atoms with Crippen LogP contribution in [0.25, 0.3) is 28.2 Å². The van der Waals surface area contributed by atoms with Crippen LogP contribution in [0.5, 0.6) is 0 Å². The fraction of sp³-hybridized carbons (Fsp3) is 0.128. The molecule has 2 heterocycles. The second-order valence-corrected chi connectivity index (χ2v) is 12.7. The lowest BCUT2D eigenvalue weighted by molar-refractivity contribution is 0.0951. The van der Waals surface area contributed by atoms with Gasteiger partial charge in [-0.2, -0.15) is 0 Å². The molecule has 2 aromatic heterocycles. The Morgan fingerprint density at radius 3 is 2.18 bits per heavy atom. The maximum Gasteiger partial charge on any atom is 0.254 e. The van der Waals surface area contributed by atoms with Gasteiger partial charge in [0.1, 0.15) is 5.00 Å². The van der Waals surface area contributed by atoms with Crippen molar-refractivity contribution in [3.63, 3.8) is 0 Å². The molecule has 6 aromatic rings. The van der Waals surface area contributed by atoms with Crippen LogP contribution in [-0.2, 0) is 19.4 Å². The van der Waals surface area contributed by atoms with E-state index in [1.54, 1.807) is 11.3 Å². The van der Waals surface area contributed by atoms with Gasteiger partial charge in [-0.25, -0.2) is 4.99 Å². The number of hydrogen-bond acceptors (Lipinski definition) is 3. The molecule has 222 valence electrons. The first-order chi connectivity index (χ1) is 22.2. The zero-order valence-corrected chi connectivity index (χ0v) is 26.3. The monoisotopic (exact) mass is 625 g/mol. The summed E-state index contributed by atoms with van der Waals surface area (Å²) in [5, 5.41) is 4.63. The highest BCUT2D eigenvalue weighted by Crippen LogP contribution is 2.41. The number of aliphatic imine (C=N–C) groups is 1. The lowest BCUT2D eigenvalue weighted by atomic mass is 9.95. The molecule has 4 nitrogen and oxygen atoms in total. The Morgan fingerprint density at radius 1 is 0.822 bits per heavy atom. The summed E-state index contributed by atoms with van der Waals surface area (Å²) in [7, 11) is 0. The van der Waals surface area contributed by atoms with Crippen molar-refractivity contribution in [2.45, 2.75) is 32.2 Å². The summed E-state index contributed by atoms with van der Waals surface area (Å²) in [6.07, 6.45) is 6.08. The van der Waals surface area contributed by atoms with Gasteiger partial charge in [-0.1, -0.05) is 103 Å². The van der Waals surface area contributed by atoms with Crippen molar-refractivity contribution in [3.8, 4) is 28.2 Å². The molecule has 1 aliphatic rings. The average molecular weight is 626 g/mol. The number of fused-ring (bicyclic) bond motifs is 1. The van der Waals surface area contributed by atoms with E-state index in [1.807, 2.05) is 72.9 Å². The van der Waals surface area contributed by atoms with Gasteiger partial charge in [0.25, 0.3) is 5.91 Å². The van der Waals surface area contributed by atoms with Gasteiger partial charge in [0.2, 0.25) is 0 Å². The first-order valence-corrected chi connectivity index (χ1v) is 16.5. The molecule has 0 bridgehead atoms. The van der Waals surface area contributed by atoms with E-state index in [2.05, 4.69) is 64.5 Å². The quantitative estimate of drug-likeness (QED) is 0.168. The summed E-state index contributed by atoms with van der Waals surface area (Å²) in [4.78, 5) is 20.1. The van der Waals surface area contributed by atoms with Crippen molar-refractivity contribution < 1.29 is 4.79 Å². The van der Waals surface area contributed by atoms with E-state index in [-0.39, 0.29) is 5.91 Å². The highest BCUT2D eigenvalue weighted by atomic mass is 35.5. The van der Waals surface area contributed by atoms with Crippen LogP contribution >= 0.6 is 22.9 Å². The Morgan fingerprint density at radius 2 is 1.47 bits per heavy atom. The Kier molecular flexibility index (Phi) is 8.46. The molecule has 0 fully saturated rings. The summed E-state index contributed by atoms with van der Waals surface area (Å²) >= 11 is 7.97. The Labute approximate surface area is 272 Å². The Balaban J connectivity index is 1.35. The molecular formula is C39H32ClN3OS. The fourth-order valence-electron chi connectivity index (χ4n) is 6.07. The topological polar surface area (TPSA) is 46.4 Å². The minimum atomic E-state index is -0.0580. The van der Waals surface area contributed by atoms with Gasteiger partial charge in [0.05, 0.1) is 17.0 Å². The largest absolute Gasteiger partial charge is 0.348 e. The molecule has 0 radical (unpaired) electrons. The number of aromatic nitrogens is 1. The molecule has 45 heavy (non-hydrogen) atoms. The van der Waals surface area contributed by atoms with Gasteiger partial charge < -0.3 is 9.88 Å². The number of hydrogen-bond donors (Lipinski definition) is 1. The molecule has 1 N–H and O–H groups in total. The van der Waals surface area contributed by atoms with Crippen molar-refractivity contribution in [3.05, 3.63) is 153 Å². The van der Waals surface area contributed by atoms with Gasteiger partial charge in [0, 0.05) is 33.9 Å². The van der Waals surface area contributed by atoms with Crippen molar-refractivity contribution in [2.75, 3.05) is 0 Å². The SMILES string of the molecule is O=C(NCc1ccccc1)c1c(/N=C/c2cc(-c3ccccc3)n(-c3ccc(Cl)cc3)c2-c2ccccc2)sc2c1CCCC2. The molecule has 7 rings (SSSR count). The minimum Gasteiger partial charge on any atom is -0.348 e. The average Bonchev–Trinajstić information content (AvgIpc) is 3.66. The van der Waals surface area contributed by atoms with Gasteiger partial charge in [-0.05, 0) is 78.3 Å². The number of amides is 1.